The third-order valence-electron chi connectivity index (χ3n) is 6.25. The maximum Gasteiger partial charge on any atom is 0.430 e. The number of alkyl halides is 3. The van der Waals surface area contributed by atoms with Crippen LogP contribution in [0, 0.1) is 23.7 Å². The Bertz CT molecular complexity index is 646. The molecule has 0 aliphatic heterocycles. The van der Waals surface area contributed by atoms with Crippen LogP contribution in [0.15, 0.2) is 30.3 Å². The standard InChI is InChI=1S/C20H26F3NO2/c1-12(2)16-13-9-10-14(11-13)17(16)24-18(25)19(26-3,20(21,22)23)15-7-5-4-6-8-15/h4-8,12-14,16-17H,9-11H2,1-3H3,(H,24,25)/t13-,14+,16+,17+,19?/m1/s1. The van der Waals surface area contributed by atoms with Gasteiger partial charge in [0, 0.05) is 18.7 Å². The number of carbonyl (C=O) groups excluding carboxylic acids is 1. The Balaban J connectivity index is 1.94. The van der Waals surface area contributed by atoms with Gasteiger partial charge in [0.15, 0.2) is 0 Å². The first-order valence-electron chi connectivity index (χ1n) is 9.20. The minimum Gasteiger partial charge on any atom is -0.356 e. The summed E-state index contributed by atoms with van der Waals surface area (Å²) in [6.45, 7) is 4.16. The molecule has 0 radical (unpaired) electrons. The number of ether oxygens (including phenoxy) is 1. The Kier molecular flexibility index (Phi) is 5.08. The molecule has 2 aliphatic carbocycles. The Labute approximate surface area is 152 Å². The van der Waals surface area contributed by atoms with Gasteiger partial charge in [0.1, 0.15) is 0 Å². The predicted molar refractivity (Wildman–Crippen MR) is 92.3 cm³/mol. The van der Waals surface area contributed by atoms with Crippen LogP contribution in [0.2, 0.25) is 0 Å². The van der Waals surface area contributed by atoms with Crippen LogP contribution in [0.4, 0.5) is 13.2 Å². The van der Waals surface area contributed by atoms with Gasteiger partial charge < -0.3 is 10.1 Å². The molecule has 1 N–H and O–H groups in total. The smallest absolute Gasteiger partial charge is 0.356 e. The molecule has 3 nitrogen and oxygen atoms in total. The summed E-state index contributed by atoms with van der Waals surface area (Å²) in [6.07, 6.45) is -1.80. The molecular weight excluding hydrogens is 343 g/mol. The van der Waals surface area contributed by atoms with E-state index in [0.29, 0.717) is 11.8 Å². The van der Waals surface area contributed by atoms with E-state index in [4.69, 9.17) is 4.74 Å². The average Bonchev–Trinajstić information content (AvgIpc) is 3.17. The third kappa shape index (κ3) is 2.92. The molecule has 2 saturated carbocycles. The normalized spacial score (nSPS) is 30.4. The van der Waals surface area contributed by atoms with Gasteiger partial charge in [-0.15, -0.1) is 0 Å². The van der Waals surface area contributed by atoms with Gasteiger partial charge in [-0.1, -0.05) is 44.2 Å². The zero-order valence-corrected chi connectivity index (χ0v) is 15.3. The Morgan fingerprint density at radius 1 is 1.15 bits per heavy atom. The highest BCUT2D eigenvalue weighted by Crippen LogP contribution is 2.52. The van der Waals surface area contributed by atoms with E-state index in [-0.39, 0.29) is 23.4 Å². The summed E-state index contributed by atoms with van der Waals surface area (Å²) >= 11 is 0. The molecule has 2 fully saturated rings. The molecule has 144 valence electrons. The molecule has 1 aromatic carbocycles. The van der Waals surface area contributed by atoms with E-state index < -0.39 is 17.7 Å². The van der Waals surface area contributed by atoms with Crippen LogP contribution in [-0.2, 0) is 15.1 Å². The minimum absolute atomic E-state index is 0.197. The highest BCUT2D eigenvalue weighted by Gasteiger charge is 2.63. The number of methoxy groups -OCH3 is 1. The fourth-order valence-corrected chi connectivity index (χ4v) is 5.18. The topological polar surface area (TPSA) is 38.3 Å². The predicted octanol–water partition coefficient (Wildman–Crippen LogP) is 4.28. The lowest BCUT2D eigenvalue weighted by Crippen LogP contribution is -2.59. The number of halogens is 3. The minimum atomic E-state index is -4.86. The van der Waals surface area contributed by atoms with Crippen LogP contribution in [0.3, 0.4) is 0 Å². The number of benzene rings is 1. The van der Waals surface area contributed by atoms with Gasteiger partial charge in [0.25, 0.3) is 11.5 Å². The summed E-state index contributed by atoms with van der Waals surface area (Å²) in [5, 5.41) is 2.75. The number of fused-ring (bicyclic) bond motifs is 2. The zero-order chi connectivity index (χ0) is 19.1. The molecular formula is C20H26F3NO2. The average molecular weight is 369 g/mol. The summed E-state index contributed by atoms with van der Waals surface area (Å²) in [4.78, 5) is 13.0. The van der Waals surface area contributed by atoms with Crippen molar-refractivity contribution in [3.05, 3.63) is 35.9 Å². The lowest BCUT2D eigenvalue weighted by Gasteiger charge is -2.39. The van der Waals surface area contributed by atoms with Crippen molar-refractivity contribution < 1.29 is 22.7 Å². The van der Waals surface area contributed by atoms with Crippen molar-refractivity contribution in [1.29, 1.82) is 0 Å². The van der Waals surface area contributed by atoms with Gasteiger partial charge in [-0.25, -0.2) is 0 Å². The van der Waals surface area contributed by atoms with Crippen molar-refractivity contribution in [3.8, 4) is 0 Å². The molecule has 2 bridgehead atoms. The van der Waals surface area contributed by atoms with Gasteiger partial charge in [0.05, 0.1) is 0 Å². The molecule has 2 aliphatic rings. The second kappa shape index (κ2) is 6.87. The lowest BCUT2D eigenvalue weighted by atomic mass is 9.77. The number of amides is 1. The Morgan fingerprint density at radius 3 is 2.31 bits per heavy atom. The van der Waals surface area contributed by atoms with E-state index in [1.807, 2.05) is 0 Å². The fourth-order valence-electron chi connectivity index (χ4n) is 5.18. The number of hydrogen-bond donors (Lipinski definition) is 1. The van der Waals surface area contributed by atoms with Gasteiger partial charge in [0.2, 0.25) is 0 Å². The van der Waals surface area contributed by atoms with E-state index in [0.717, 1.165) is 26.4 Å². The molecule has 5 atom stereocenters. The van der Waals surface area contributed by atoms with E-state index >= 15 is 0 Å². The van der Waals surface area contributed by atoms with E-state index in [2.05, 4.69) is 19.2 Å². The molecule has 1 unspecified atom stereocenters. The van der Waals surface area contributed by atoms with Crippen molar-refractivity contribution in [2.75, 3.05) is 7.11 Å². The van der Waals surface area contributed by atoms with Crippen molar-refractivity contribution in [2.45, 2.75) is 50.9 Å². The first kappa shape index (κ1) is 19.2. The molecule has 0 saturated heterocycles. The maximum absolute atomic E-state index is 14.0. The van der Waals surface area contributed by atoms with Crippen molar-refractivity contribution in [2.24, 2.45) is 23.7 Å². The molecule has 1 amide bonds. The monoisotopic (exact) mass is 369 g/mol. The second-order valence-electron chi connectivity index (χ2n) is 7.90. The van der Waals surface area contributed by atoms with E-state index in [1.54, 1.807) is 6.07 Å². The first-order valence-corrected chi connectivity index (χ1v) is 9.20. The molecule has 26 heavy (non-hydrogen) atoms. The van der Waals surface area contributed by atoms with Gasteiger partial charge >= 0.3 is 6.18 Å². The second-order valence-corrected chi connectivity index (χ2v) is 7.90. The van der Waals surface area contributed by atoms with Crippen molar-refractivity contribution in [3.63, 3.8) is 0 Å². The summed E-state index contributed by atoms with van der Waals surface area (Å²) in [6, 6.07) is 6.94. The van der Waals surface area contributed by atoms with Gasteiger partial charge in [-0.05, 0) is 42.9 Å². The largest absolute Gasteiger partial charge is 0.430 e. The summed E-state index contributed by atoms with van der Waals surface area (Å²) in [5.74, 6) is 0.174. The SMILES string of the molecule is COC(C(=O)N[C@H]1[C@H]2CC[C@H](C2)[C@@H]1C(C)C)(c1ccccc1)C(F)(F)F. The molecule has 0 aromatic heterocycles. The lowest BCUT2D eigenvalue weighted by molar-refractivity contribution is -0.266. The van der Waals surface area contributed by atoms with Crippen LogP contribution >= 0.6 is 0 Å². The summed E-state index contributed by atoms with van der Waals surface area (Å²) < 4.78 is 47.0. The number of rotatable bonds is 5. The van der Waals surface area contributed by atoms with Gasteiger partial charge in [-0.3, -0.25) is 4.79 Å². The summed E-state index contributed by atoms with van der Waals surface area (Å²) in [5.41, 5.74) is -3.19. The number of nitrogens with one attached hydrogen (secondary N) is 1. The molecule has 0 spiro atoms. The molecule has 1 aromatic rings. The van der Waals surface area contributed by atoms with Crippen LogP contribution in [0.25, 0.3) is 0 Å². The number of hydrogen-bond acceptors (Lipinski definition) is 2. The number of carbonyl (C=O) groups is 1. The van der Waals surface area contributed by atoms with E-state index in [1.165, 1.54) is 24.3 Å². The van der Waals surface area contributed by atoms with Crippen LogP contribution in [-0.4, -0.2) is 25.2 Å². The van der Waals surface area contributed by atoms with E-state index in [9.17, 15) is 18.0 Å². The Morgan fingerprint density at radius 2 is 1.77 bits per heavy atom. The van der Waals surface area contributed by atoms with Gasteiger partial charge in [-0.2, -0.15) is 13.2 Å². The fraction of sp³-hybridized carbons (Fsp3) is 0.650. The zero-order valence-electron chi connectivity index (χ0n) is 15.3. The van der Waals surface area contributed by atoms with Crippen molar-refractivity contribution >= 4 is 5.91 Å². The highest BCUT2D eigenvalue weighted by atomic mass is 19.4. The van der Waals surface area contributed by atoms with Crippen LogP contribution < -0.4 is 5.32 Å². The quantitative estimate of drug-likeness (QED) is 0.841. The molecule has 0 heterocycles. The Hall–Kier alpha value is -1.56. The molecule has 6 heteroatoms. The van der Waals surface area contributed by atoms with Crippen molar-refractivity contribution in [1.82, 2.24) is 5.32 Å². The summed E-state index contributed by atoms with van der Waals surface area (Å²) in [7, 11) is 0.945. The highest BCUT2D eigenvalue weighted by molar-refractivity contribution is 5.88. The third-order valence-corrected chi connectivity index (χ3v) is 6.25. The first-order chi connectivity index (χ1) is 12.2. The van der Waals surface area contributed by atoms with Crippen LogP contribution in [0.5, 0.6) is 0 Å². The molecule has 3 rings (SSSR count). The van der Waals surface area contributed by atoms with Crippen LogP contribution in [0.1, 0.15) is 38.7 Å². The maximum atomic E-state index is 14.0.